The molecule has 118 valence electrons. The molecule has 1 amide bonds. The molecule has 7 nitrogen and oxygen atoms in total. The van der Waals surface area contributed by atoms with Gasteiger partial charge >= 0.3 is 0 Å². The Labute approximate surface area is 129 Å². The standard InChI is InChI=1S/C15H21N5O2/c1-11(2)14(21)7-8-16-15(22)9-12-3-5-13(6-4-12)20-10-17-18-19-20/h3-6,10-11,14,21H,7-9H2,1-2H3,(H,16,22). The van der Waals surface area contributed by atoms with Crippen molar-refractivity contribution in [2.24, 2.45) is 5.92 Å². The average Bonchev–Trinajstić information content (AvgIpc) is 3.02. The Kier molecular flexibility index (Phi) is 5.60. The van der Waals surface area contributed by atoms with E-state index in [0.717, 1.165) is 11.3 Å². The fourth-order valence-electron chi connectivity index (χ4n) is 1.99. The van der Waals surface area contributed by atoms with Crippen LogP contribution < -0.4 is 5.32 Å². The number of benzene rings is 1. The van der Waals surface area contributed by atoms with Gasteiger partial charge in [0.05, 0.1) is 18.2 Å². The van der Waals surface area contributed by atoms with Crippen LogP contribution in [0.4, 0.5) is 0 Å². The molecule has 0 saturated carbocycles. The summed E-state index contributed by atoms with van der Waals surface area (Å²) in [5.41, 5.74) is 1.76. The quantitative estimate of drug-likeness (QED) is 0.786. The lowest BCUT2D eigenvalue weighted by Gasteiger charge is -2.14. The molecule has 1 aromatic heterocycles. The van der Waals surface area contributed by atoms with Gasteiger partial charge in [-0.25, -0.2) is 4.68 Å². The fraction of sp³-hybridized carbons (Fsp3) is 0.467. The van der Waals surface area contributed by atoms with Crippen LogP contribution in [-0.4, -0.2) is 43.9 Å². The largest absolute Gasteiger partial charge is 0.393 e. The molecule has 0 aliphatic carbocycles. The highest BCUT2D eigenvalue weighted by Gasteiger charge is 2.10. The molecule has 2 aromatic rings. The van der Waals surface area contributed by atoms with E-state index in [1.54, 1.807) is 4.68 Å². The first-order valence-electron chi connectivity index (χ1n) is 7.33. The van der Waals surface area contributed by atoms with E-state index in [4.69, 9.17) is 0 Å². The molecular formula is C15H21N5O2. The van der Waals surface area contributed by atoms with E-state index in [-0.39, 0.29) is 17.9 Å². The molecule has 1 atom stereocenters. The number of nitrogens with zero attached hydrogens (tertiary/aromatic N) is 4. The van der Waals surface area contributed by atoms with E-state index >= 15 is 0 Å². The minimum Gasteiger partial charge on any atom is -0.393 e. The number of nitrogens with one attached hydrogen (secondary N) is 1. The van der Waals surface area contributed by atoms with Crippen LogP contribution in [-0.2, 0) is 11.2 Å². The predicted molar refractivity (Wildman–Crippen MR) is 81.3 cm³/mol. The van der Waals surface area contributed by atoms with E-state index in [0.29, 0.717) is 19.4 Å². The van der Waals surface area contributed by atoms with Crippen molar-refractivity contribution in [2.45, 2.75) is 32.8 Å². The van der Waals surface area contributed by atoms with Crippen LogP contribution in [0.3, 0.4) is 0 Å². The van der Waals surface area contributed by atoms with Gasteiger partial charge in [-0.15, -0.1) is 5.10 Å². The van der Waals surface area contributed by atoms with E-state index in [9.17, 15) is 9.90 Å². The Morgan fingerprint density at radius 2 is 2.05 bits per heavy atom. The lowest BCUT2D eigenvalue weighted by Crippen LogP contribution is -2.29. The Hall–Kier alpha value is -2.28. The molecule has 2 rings (SSSR count). The summed E-state index contributed by atoms with van der Waals surface area (Å²) in [4.78, 5) is 11.8. The normalized spacial score (nSPS) is 12.4. The van der Waals surface area contributed by atoms with Crippen molar-refractivity contribution in [3.63, 3.8) is 0 Å². The van der Waals surface area contributed by atoms with Gasteiger partial charge in [-0.1, -0.05) is 26.0 Å². The van der Waals surface area contributed by atoms with Crippen LogP contribution in [0.5, 0.6) is 0 Å². The van der Waals surface area contributed by atoms with Crippen LogP contribution in [0.2, 0.25) is 0 Å². The molecule has 7 heteroatoms. The summed E-state index contributed by atoms with van der Waals surface area (Å²) in [6, 6.07) is 7.47. The minimum absolute atomic E-state index is 0.0499. The first kappa shape index (κ1) is 16.1. The number of aromatic nitrogens is 4. The van der Waals surface area contributed by atoms with Gasteiger partial charge in [0.1, 0.15) is 6.33 Å². The minimum atomic E-state index is -0.379. The van der Waals surface area contributed by atoms with Gasteiger partial charge in [-0.2, -0.15) is 0 Å². The van der Waals surface area contributed by atoms with Crippen molar-refractivity contribution in [3.05, 3.63) is 36.2 Å². The lowest BCUT2D eigenvalue weighted by molar-refractivity contribution is -0.120. The molecule has 0 bridgehead atoms. The maximum absolute atomic E-state index is 11.8. The van der Waals surface area contributed by atoms with Crippen molar-refractivity contribution in [3.8, 4) is 5.69 Å². The first-order chi connectivity index (χ1) is 10.6. The van der Waals surface area contributed by atoms with Crippen LogP contribution in [0.15, 0.2) is 30.6 Å². The van der Waals surface area contributed by atoms with Gasteiger partial charge in [0, 0.05) is 6.54 Å². The van der Waals surface area contributed by atoms with Crippen molar-refractivity contribution in [2.75, 3.05) is 6.54 Å². The highest BCUT2D eigenvalue weighted by molar-refractivity contribution is 5.78. The van der Waals surface area contributed by atoms with Gasteiger partial charge in [-0.3, -0.25) is 4.79 Å². The van der Waals surface area contributed by atoms with Gasteiger partial charge in [0.2, 0.25) is 5.91 Å². The predicted octanol–water partition coefficient (Wildman–Crippen LogP) is 0.728. The molecule has 0 saturated heterocycles. The number of hydrogen-bond acceptors (Lipinski definition) is 5. The second kappa shape index (κ2) is 7.65. The Morgan fingerprint density at radius 1 is 1.32 bits per heavy atom. The Balaban J connectivity index is 1.79. The third kappa shape index (κ3) is 4.63. The smallest absolute Gasteiger partial charge is 0.224 e. The zero-order chi connectivity index (χ0) is 15.9. The molecule has 1 aromatic carbocycles. The number of carbonyl (C=O) groups is 1. The van der Waals surface area contributed by atoms with E-state index in [2.05, 4.69) is 20.8 Å². The molecule has 0 aliphatic rings. The van der Waals surface area contributed by atoms with E-state index in [1.807, 2.05) is 38.1 Å². The van der Waals surface area contributed by atoms with Crippen LogP contribution in [0.1, 0.15) is 25.8 Å². The molecule has 0 fully saturated rings. The summed E-state index contributed by atoms with van der Waals surface area (Å²) >= 11 is 0. The van der Waals surface area contributed by atoms with Crippen LogP contribution >= 0.6 is 0 Å². The molecule has 1 heterocycles. The highest BCUT2D eigenvalue weighted by atomic mass is 16.3. The number of carbonyl (C=O) groups excluding carboxylic acids is 1. The molecule has 0 aliphatic heterocycles. The summed E-state index contributed by atoms with van der Waals surface area (Å²) in [5, 5.41) is 23.5. The van der Waals surface area contributed by atoms with Gasteiger partial charge in [0.25, 0.3) is 0 Å². The molecule has 0 spiro atoms. The number of tetrazole rings is 1. The number of aliphatic hydroxyl groups is 1. The third-order valence-electron chi connectivity index (χ3n) is 3.45. The van der Waals surface area contributed by atoms with Crippen LogP contribution in [0.25, 0.3) is 5.69 Å². The van der Waals surface area contributed by atoms with Crippen molar-refractivity contribution in [1.29, 1.82) is 0 Å². The topological polar surface area (TPSA) is 92.9 Å². The van der Waals surface area contributed by atoms with Gasteiger partial charge in [-0.05, 0) is 40.5 Å². The summed E-state index contributed by atoms with van der Waals surface area (Å²) < 4.78 is 1.55. The van der Waals surface area contributed by atoms with Crippen molar-refractivity contribution in [1.82, 2.24) is 25.5 Å². The Bertz CT molecular complexity index is 580. The fourth-order valence-corrected chi connectivity index (χ4v) is 1.99. The number of aliphatic hydroxyl groups excluding tert-OH is 1. The zero-order valence-electron chi connectivity index (χ0n) is 12.8. The second-order valence-electron chi connectivity index (χ2n) is 5.55. The number of hydrogen-bond donors (Lipinski definition) is 2. The monoisotopic (exact) mass is 303 g/mol. The van der Waals surface area contributed by atoms with Crippen LogP contribution in [0, 0.1) is 5.92 Å². The summed E-state index contributed by atoms with van der Waals surface area (Å²) in [7, 11) is 0. The highest BCUT2D eigenvalue weighted by Crippen LogP contribution is 2.08. The van der Waals surface area contributed by atoms with Gasteiger partial charge in [0.15, 0.2) is 0 Å². The summed E-state index contributed by atoms with van der Waals surface area (Å²) in [6.45, 7) is 4.40. The van der Waals surface area contributed by atoms with Gasteiger partial charge < -0.3 is 10.4 Å². The first-order valence-corrected chi connectivity index (χ1v) is 7.33. The SMILES string of the molecule is CC(C)C(O)CCNC(=O)Cc1ccc(-n2cnnn2)cc1. The average molecular weight is 303 g/mol. The molecular weight excluding hydrogens is 282 g/mol. The lowest BCUT2D eigenvalue weighted by atomic mass is 10.0. The Morgan fingerprint density at radius 3 is 2.64 bits per heavy atom. The number of amides is 1. The molecule has 22 heavy (non-hydrogen) atoms. The molecule has 2 N–H and O–H groups in total. The number of rotatable bonds is 7. The zero-order valence-corrected chi connectivity index (χ0v) is 12.8. The third-order valence-corrected chi connectivity index (χ3v) is 3.45. The summed E-state index contributed by atoms with van der Waals surface area (Å²) in [5.74, 6) is 0.154. The maximum Gasteiger partial charge on any atom is 0.224 e. The molecule has 1 unspecified atom stereocenters. The van der Waals surface area contributed by atoms with Crippen molar-refractivity contribution < 1.29 is 9.90 Å². The maximum atomic E-state index is 11.8. The van der Waals surface area contributed by atoms with E-state index < -0.39 is 0 Å². The second-order valence-corrected chi connectivity index (χ2v) is 5.55. The summed E-state index contributed by atoms with van der Waals surface area (Å²) in [6.07, 6.45) is 2.02. The van der Waals surface area contributed by atoms with Crippen molar-refractivity contribution >= 4 is 5.91 Å². The van der Waals surface area contributed by atoms with E-state index in [1.165, 1.54) is 6.33 Å². The molecule has 0 radical (unpaired) electrons.